The van der Waals surface area contributed by atoms with Crippen molar-refractivity contribution in [2.75, 3.05) is 7.11 Å². The lowest BCUT2D eigenvalue weighted by Crippen LogP contribution is -2.47. The van der Waals surface area contributed by atoms with Crippen LogP contribution in [0, 0.1) is 5.92 Å². The number of hydrogen-bond acceptors (Lipinski definition) is 6. The number of benzene rings is 1. The van der Waals surface area contributed by atoms with Gasteiger partial charge < -0.3 is 9.84 Å². The number of methoxy groups -OCH3 is 1. The highest BCUT2D eigenvalue weighted by atomic mass is 35.5. The standard InChI is InChI=1S/C19H17ClN2O4S2/c1-9(2)16(18(24)25)22-17(23)14(28-19(22)27)8-10-4-5-11-12(20)6-7-13(26-3)15(11)21-10/h4-9,16H,1-3H3,(H,24,25)/b14-8+. The maximum absolute atomic E-state index is 12.8. The number of pyridine rings is 1. The van der Waals surface area contributed by atoms with E-state index in [1.54, 1.807) is 51.3 Å². The van der Waals surface area contributed by atoms with Crippen LogP contribution in [0.4, 0.5) is 0 Å². The van der Waals surface area contributed by atoms with Crippen LogP contribution in [0.5, 0.6) is 5.75 Å². The number of ether oxygens (including phenoxy) is 1. The molecule has 146 valence electrons. The Kier molecular flexibility index (Phi) is 5.92. The van der Waals surface area contributed by atoms with Gasteiger partial charge in [0.1, 0.15) is 21.6 Å². The molecule has 0 saturated carbocycles. The van der Waals surface area contributed by atoms with Gasteiger partial charge in [-0.1, -0.05) is 49.4 Å². The van der Waals surface area contributed by atoms with Crippen LogP contribution in [0.3, 0.4) is 0 Å². The SMILES string of the molecule is COc1ccc(Cl)c2ccc(/C=C3/SC(=S)N(C(C(=O)O)C(C)C)C3=O)nc12. The summed E-state index contributed by atoms with van der Waals surface area (Å²) in [5, 5.41) is 10.8. The van der Waals surface area contributed by atoms with Gasteiger partial charge in [-0.05, 0) is 36.3 Å². The fourth-order valence-corrected chi connectivity index (χ4v) is 4.49. The number of halogens is 1. The number of thiocarbonyl (C=S) groups is 1. The van der Waals surface area contributed by atoms with Crippen LogP contribution in [0.25, 0.3) is 17.0 Å². The third-order valence-corrected chi connectivity index (χ3v) is 5.93. The predicted molar refractivity (Wildman–Crippen MR) is 115 cm³/mol. The smallest absolute Gasteiger partial charge is 0.327 e. The predicted octanol–water partition coefficient (Wildman–Crippen LogP) is 4.21. The second kappa shape index (κ2) is 8.06. The van der Waals surface area contributed by atoms with Crippen molar-refractivity contribution >= 4 is 68.8 Å². The lowest BCUT2D eigenvalue weighted by Gasteiger charge is -2.26. The molecule has 9 heteroatoms. The van der Waals surface area contributed by atoms with Crippen LogP contribution in [-0.2, 0) is 9.59 Å². The van der Waals surface area contributed by atoms with Gasteiger partial charge in [-0.25, -0.2) is 9.78 Å². The summed E-state index contributed by atoms with van der Waals surface area (Å²) in [4.78, 5) is 30.5. The third-order valence-electron chi connectivity index (χ3n) is 4.27. The summed E-state index contributed by atoms with van der Waals surface area (Å²) in [6, 6.07) is 5.97. The molecule has 1 aromatic heterocycles. The van der Waals surface area contributed by atoms with Crippen molar-refractivity contribution in [3.63, 3.8) is 0 Å². The molecule has 1 amide bonds. The lowest BCUT2D eigenvalue weighted by atomic mass is 10.0. The van der Waals surface area contributed by atoms with E-state index in [-0.39, 0.29) is 10.2 Å². The van der Waals surface area contributed by atoms with Gasteiger partial charge >= 0.3 is 5.97 Å². The van der Waals surface area contributed by atoms with Crippen molar-refractivity contribution in [1.29, 1.82) is 0 Å². The second-order valence-corrected chi connectivity index (χ2v) is 8.54. The molecule has 1 N–H and O–H groups in total. The maximum atomic E-state index is 12.8. The largest absolute Gasteiger partial charge is 0.494 e. The molecule has 0 radical (unpaired) electrons. The normalized spacial score (nSPS) is 17.0. The Hall–Kier alpha value is -2.16. The Morgan fingerprint density at radius 3 is 2.68 bits per heavy atom. The number of thioether (sulfide) groups is 1. The highest BCUT2D eigenvalue weighted by Crippen LogP contribution is 2.36. The molecular weight excluding hydrogens is 420 g/mol. The molecule has 1 aliphatic rings. The molecule has 1 fully saturated rings. The van der Waals surface area contributed by atoms with Crippen LogP contribution >= 0.6 is 35.6 Å². The summed E-state index contributed by atoms with van der Waals surface area (Å²) < 4.78 is 5.56. The van der Waals surface area contributed by atoms with Gasteiger partial charge in [0, 0.05) is 5.39 Å². The van der Waals surface area contributed by atoms with Gasteiger partial charge in [0.15, 0.2) is 0 Å². The molecule has 2 aromatic rings. The van der Waals surface area contributed by atoms with Gasteiger partial charge in [0.2, 0.25) is 0 Å². The molecule has 1 aliphatic heterocycles. The Labute approximate surface area is 176 Å². The lowest BCUT2D eigenvalue weighted by molar-refractivity contribution is -0.146. The van der Waals surface area contributed by atoms with Crippen molar-refractivity contribution in [3.8, 4) is 5.75 Å². The van der Waals surface area contributed by atoms with Crippen LogP contribution in [-0.4, -0.2) is 44.3 Å². The highest BCUT2D eigenvalue weighted by molar-refractivity contribution is 8.26. The fourth-order valence-electron chi connectivity index (χ4n) is 2.97. The number of nitrogens with zero attached hydrogens (tertiary/aromatic N) is 2. The summed E-state index contributed by atoms with van der Waals surface area (Å²) in [6.07, 6.45) is 1.60. The monoisotopic (exact) mass is 436 g/mol. The molecule has 1 unspecified atom stereocenters. The van der Waals surface area contributed by atoms with Gasteiger partial charge in [-0.15, -0.1) is 0 Å². The Balaban J connectivity index is 2.01. The minimum absolute atomic E-state index is 0.221. The van der Waals surface area contributed by atoms with Gasteiger partial charge in [0.25, 0.3) is 5.91 Å². The van der Waals surface area contributed by atoms with Crippen LogP contribution < -0.4 is 4.74 Å². The van der Waals surface area contributed by atoms with E-state index in [1.165, 1.54) is 0 Å². The molecule has 1 aromatic carbocycles. The molecule has 6 nitrogen and oxygen atoms in total. The minimum Gasteiger partial charge on any atom is -0.494 e. The van der Waals surface area contributed by atoms with Crippen molar-refractivity contribution < 1.29 is 19.4 Å². The first kappa shape index (κ1) is 20.6. The summed E-state index contributed by atoms with van der Waals surface area (Å²) >= 11 is 12.5. The molecule has 0 spiro atoms. The van der Waals surface area contributed by atoms with Crippen LogP contribution in [0.2, 0.25) is 5.02 Å². The number of carbonyl (C=O) groups is 2. The number of amides is 1. The molecule has 1 saturated heterocycles. The highest BCUT2D eigenvalue weighted by Gasteiger charge is 2.41. The fraction of sp³-hybridized carbons (Fsp3) is 0.263. The summed E-state index contributed by atoms with van der Waals surface area (Å²) in [5.41, 5.74) is 1.09. The first-order valence-corrected chi connectivity index (χ1v) is 9.98. The van der Waals surface area contributed by atoms with E-state index in [1.807, 2.05) is 0 Å². The second-order valence-electron chi connectivity index (χ2n) is 6.46. The molecule has 1 atom stereocenters. The van der Waals surface area contributed by atoms with E-state index in [2.05, 4.69) is 4.98 Å². The first-order valence-electron chi connectivity index (χ1n) is 8.37. The Morgan fingerprint density at radius 2 is 2.07 bits per heavy atom. The number of aliphatic carboxylic acids is 1. The minimum atomic E-state index is -1.09. The van der Waals surface area contributed by atoms with E-state index >= 15 is 0 Å². The van der Waals surface area contributed by atoms with Crippen molar-refractivity contribution in [1.82, 2.24) is 9.88 Å². The average Bonchev–Trinajstić information content (AvgIpc) is 2.89. The number of aromatic nitrogens is 1. The number of carbonyl (C=O) groups excluding carboxylic acids is 1. The number of carboxylic acid groups (broad SMARTS) is 1. The summed E-state index contributed by atoms with van der Waals surface area (Å²) in [7, 11) is 1.54. The number of fused-ring (bicyclic) bond motifs is 1. The zero-order chi connectivity index (χ0) is 20.6. The summed E-state index contributed by atoms with van der Waals surface area (Å²) in [5.74, 6) is -1.25. The molecule has 0 bridgehead atoms. The zero-order valence-corrected chi connectivity index (χ0v) is 17.7. The van der Waals surface area contributed by atoms with E-state index in [0.29, 0.717) is 26.9 Å². The number of hydrogen-bond donors (Lipinski definition) is 1. The average molecular weight is 437 g/mol. The van der Waals surface area contributed by atoms with Gasteiger partial charge in [-0.2, -0.15) is 0 Å². The maximum Gasteiger partial charge on any atom is 0.327 e. The topological polar surface area (TPSA) is 79.7 Å². The Bertz CT molecular complexity index is 1020. The zero-order valence-electron chi connectivity index (χ0n) is 15.3. The number of carboxylic acids is 1. The Morgan fingerprint density at radius 1 is 1.36 bits per heavy atom. The molecule has 2 heterocycles. The van der Waals surface area contributed by atoms with E-state index in [9.17, 15) is 14.7 Å². The molecular formula is C19H17ClN2O4S2. The van der Waals surface area contributed by atoms with E-state index in [4.69, 9.17) is 28.6 Å². The van der Waals surface area contributed by atoms with E-state index < -0.39 is 17.9 Å². The quantitative estimate of drug-likeness (QED) is 0.555. The van der Waals surface area contributed by atoms with Crippen molar-refractivity contribution in [2.45, 2.75) is 19.9 Å². The number of rotatable bonds is 5. The van der Waals surface area contributed by atoms with Crippen LogP contribution in [0.15, 0.2) is 29.2 Å². The molecule has 0 aliphatic carbocycles. The van der Waals surface area contributed by atoms with Gasteiger partial charge in [0.05, 0.1) is 22.7 Å². The first-order chi connectivity index (χ1) is 13.2. The third kappa shape index (κ3) is 3.72. The van der Waals surface area contributed by atoms with Crippen LogP contribution in [0.1, 0.15) is 19.5 Å². The van der Waals surface area contributed by atoms with Crippen molar-refractivity contribution in [2.24, 2.45) is 5.92 Å². The van der Waals surface area contributed by atoms with Crippen molar-refractivity contribution in [3.05, 3.63) is 39.9 Å². The van der Waals surface area contributed by atoms with Gasteiger partial charge in [-0.3, -0.25) is 9.69 Å². The molecule has 3 rings (SSSR count). The van der Waals surface area contributed by atoms with E-state index in [0.717, 1.165) is 22.0 Å². The summed E-state index contributed by atoms with van der Waals surface area (Å²) in [6.45, 7) is 3.48. The molecule has 28 heavy (non-hydrogen) atoms.